The van der Waals surface area contributed by atoms with Crippen molar-refractivity contribution in [3.05, 3.63) is 144 Å². The molecular formula is C38H43N3O4. The number of hydrogen-bond acceptors (Lipinski definition) is 5. The Hall–Kier alpha value is -4.27. The summed E-state index contributed by atoms with van der Waals surface area (Å²) in [5.41, 5.74) is 7.01. The Kier molecular flexibility index (Phi) is 11.2. The summed E-state index contributed by atoms with van der Waals surface area (Å²) in [7, 11) is 2.07. The molecule has 45 heavy (non-hydrogen) atoms. The van der Waals surface area contributed by atoms with Gasteiger partial charge in [0.1, 0.15) is 0 Å². The number of aliphatic hydroxyl groups excluding tert-OH is 1. The molecule has 0 aromatic heterocycles. The lowest BCUT2D eigenvalue weighted by Crippen LogP contribution is -2.43. The summed E-state index contributed by atoms with van der Waals surface area (Å²) in [4.78, 5) is 14.6. The Morgan fingerprint density at radius 2 is 1.49 bits per heavy atom. The smallest absolute Gasteiger partial charge is 0.315 e. The Morgan fingerprint density at radius 1 is 0.822 bits per heavy atom. The van der Waals surface area contributed by atoms with Crippen LogP contribution in [0, 0.1) is 5.92 Å². The van der Waals surface area contributed by atoms with Crippen LogP contribution >= 0.6 is 0 Å². The third kappa shape index (κ3) is 8.68. The molecule has 7 nitrogen and oxygen atoms in total. The lowest BCUT2D eigenvalue weighted by Gasteiger charge is -2.42. The molecule has 0 aliphatic carbocycles. The molecule has 4 aromatic rings. The Bertz CT molecular complexity index is 1540. The Labute approximate surface area is 266 Å². The van der Waals surface area contributed by atoms with E-state index in [0.717, 1.165) is 52.0 Å². The van der Waals surface area contributed by atoms with E-state index in [1.54, 1.807) is 0 Å². The van der Waals surface area contributed by atoms with Gasteiger partial charge >= 0.3 is 6.03 Å². The van der Waals surface area contributed by atoms with Crippen LogP contribution < -0.4 is 10.6 Å². The molecule has 7 heteroatoms. The highest BCUT2D eigenvalue weighted by molar-refractivity contribution is 5.74. The van der Waals surface area contributed by atoms with E-state index in [-0.39, 0.29) is 30.8 Å². The van der Waals surface area contributed by atoms with Crippen molar-refractivity contribution in [3.8, 4) is 11.1 Å². The molecule has 0 spiro atoms. The zero-order valence-electron chi connectivity index (χ0n) is 26.1. The van der Waals surface area contributed by atoms with Gasteiger partial charge in [-0.15, -0.1) is 6.58 Å². The number of hydrogen-bond donors (Lipinski definition) is 3. The van der Waals surface area contributed by atoms with Gasteiger partial charge in [-0.25, -0.2) is 4.79 Å². The quantitative estimate of drug-likeness (QED) is 0.156. The number of amides is 2. The van der Waals surface area contributed by atoms with Crippen molar-refractivity contribution >= 4 is 6.03 Å². The van der Waals surface area contributed by atoms with E-state index in [0.29, 0.717) is 13.1 Å². The fourth-order valence-corrected chi connectivity index (χ4v) is 5.68. The monoisotopic (exact) mass is 605 g/mol. The number of urea groups is 1. The summed E-state index contributed by atoms with van der Waals surface area (Å²) < 4.78 is 13.3. The number of benzene rings is 4. The molecule has 0 radical (unpaired) electrons. The molecule has 0 saturated carbocycles. The van der Waals surface area contributed by atoms with Crippen molar-refractivity contribution in [2.75, 3.05) is 20.1 Å². The highest BCUT2D eigenvalue weighted by Crippen LogP contribution is 2.42. The van der Waals surface area contributed by atoms with Crippen LogP contribution in [0.3, 0.4) is 0 Å². The summed E-state index contributed by atoms with van der Waals surface area (Å²) in [6, 6.07) is 34.1. The molecule has 3 N–H and O–H groups in total. The van der Waals surface area contributed by atoms with E-state index >= 15 is 0 Å². The minimum Gasteiger partial charge on any atom is -0.392 e. The largest absolute Gasteiger partial charge is 0.392 e. The highest BCUT2D eigenvalue weighted by atomic mass is 16.7. The summed E-state index contributed by atoms with van der Waals surface area (Å²) in [5.74, 6) is 0.103. The number of nitrogens with zero attached hydrogens (tertiary/aromatic N) is 1. The minimum atomic E-state index is -0.552. The summed E-state index contributed by atoms with van der Waals surface area (Å²) in [6.07, 6.45) is 1.10. The summed E-state index contributed by atoms with van der Waals surface area (Å²) in [6.45, 7) is 8.47. The summed E-state index contributed by atoms with van der Waals surface area (Å²) in [5, 5.41) is 15.4. The van der Waals surface area contributed by atoms with Gasteiger partial charge < -0.3 is 30.1 Å². The molecule has 1 saturated heterocycles. The molecule has 5 rings (SSSR count). The molecule has 0 bridgehead atoms. The maximum absolute atomic E-state index is 12.4. The first-order valence-corrected chi connectivity index (χ1v) is 15.5. The van der Waals surface area contributed by atoms with Crippen molar-refractivity contribution in [1.29, 1.82) is 0 Å². The first kappa shape index (κ1) is 32.1. The van der Waals surface area contributed by atoms with Crippen molar-refractivity contribution in [1.82, 2.24) is 15.5 Å². The van der Waals surface area contributed by atoms with E-state index < -0.39 is 6.29 Å². The SMILES string of the molecule is C=CCN(C)CC1OC(c2cccc(-c3cccc(CNC(=O)NCc4ccccc4)c3)c2)OC(c2ccc(CO)cc2)C1C. The van der Waals surface area contributed by atoms with E-state index in [2.05, 4.69) is 60.3 Å². The number of carbonyl (C=O) groups is 1. The van der Waals surface area contributed by atoms with Gasteiger partial charge in [-0.1, -0.05) is 104 Å². The first-order valence-electron chi connectivity index (χ1n) is 15.5. The Balaban J connectivity index is 1.30. The van der Waals surface area contributed by atoms with Gasteiger partial charge in [0.25, 0.3) is 0 Å². The number of nitrogens with one attached hydrogen (secondary N) is 2. The predicted octanol–water partition coefficient (Wildman–Crippen LogP) is 6.75. The lowest BCUT2D eigenvalue weighted by atomic mass is 9.90. The zero-order valence-corrected chi connectivity index (χ0v) is 26.1. The van der Waals surface area contributed by atoms with E-state index in [1.165, 1.54) is 0 Å². The average molecular weight is 606 g/mol. The fraction of sp³-hybridized carbons (Fsp3) is 0.289. The number of aliphatic hydroxyl groups is 1. The van der Waals surface area contributed by atoms with E-state index in [4.69, 9.17) is 9.47 Å². The molecule has 234 valence electrons. The van der Waals surface area contributed by atoms with Gasteiger partial charge in [0, 0.05) is 37.7 Å². The van der Waals surface area contributed by atoms with Crippen molar-refractivity contribution in [2.24, 2.45) is 5.92 Å². The lowest BCUT2D eigenvalue weighted by molar-refractivity contribution is -0.275. The van der Waals surface area contributed by atoms with Crippen LogP contribution in [0.2, 0.25) is 0 Å². The predicted molar refractivity (Wildman–Crippen MR) is 178 cm³/mol. The average Bonchev–Trinajstić information content (AvgIpc) is 3.08. The second-order valence-electron chi connectivity index (χ2n) is 11.7. The highest BCUT2D eigenvalue weighted by Gasteiger charge is 2.38. The van der Waals surface area contributed by atoms with Crippen LogP contribution in [0.1, 0.15) is 47.1 Å². The van der Waals surface area contributed by atoms with Gasteiger partial charge in [0.05, 0.1) is 18.8 Å². The van der Waals surface area contributed by atoms with E-state index in [9.17, 15) is 9.90 Å². The van der Waals surface area contributed by atoms with Crippen LogP contribution in [0.5, 0.6) is 0 Å². The van der Waals surface area contributed by atoms with Gasteiger partial charge in [-0.3, -0.25) is 0 Å². The fourth-order valence-electron chi connectivity index (χ4n) is 5.68. The maximum atomic E-state index is 12.4. The number of likely N-dealkylation sites (N-methyl/N-ethyl adjacent to an activating group) is 1. The Morgan fingerprint density at radius 3 is 2.20 bits per heavy atom. The van der Waals surface area contributed by atoms with Crippen LogP contribution in [-0.2, 0) is 29.2 Å². The molecule has 4 unspecified atom stereocenters. The molecule has 2 amide bonds. The molecule has 4 atom stereocenters. The standard InChI is InChI=1S/C38H43N3O4/c1-4-20-41(3)25-35-27(2)36(31-18-16-29(26-42)17-19-31)45-37(44-35)34-15-9-14-33(22-34)32-13-8-12-30(21-32)24-40-38(43)39-23-28-10-6-5-7-11-28/h4-19,21-22,27,35-37,42H,1,20,23-26H2,2-3H3,(H2,39,40,43). The van der Waals surface area contributed by atoms with Crippen LogP contribution in [0.25, 0.3) is 11.1 Å². The summed E-state index contributed by atoms with van der Waals surface area (Å²) >= 11 is 0. The van der Waals surface area contributed by atoms with Crippen LogP contribution in [0.15, 0.2) is 116 Å². The van der Waals surface area contributed by atoms with Crippen molar-refractivity contribution in [3.63, 3.8) is 0 Å². The zero-order chi connectivity index (χ0) is 31.6. The molecule has 4 aromatic carbocycles. The molecule has 1 aliphatic heterocycles. The number of ether oxygens (including phenoxy) is 2. The third-order valence-corrected chi connectivity index (χ3v) is 8.22. The first-order chi connectivity index (χ1) is 21.9. The minimum absolute atomic E-state index is 0.00752. The van der Waals surface area contributed by atoms with Crippen molar-refractivity contribution < 1.29 is 19.4 Å². The maximum Gasteiger partial charge on any atom is 0.315 e. The molecule has 1 heterocycles. The number of rotatable bonds is 12. The van der Waals surface area contributed by atoms with Gasteiger partial charge in [-0.2, -0.15) is 0 Å². The normalized spacial score (nSPS) is 19.6. The van der Waals surface area contributed by atoms with Crippen molar-refractivity contribution in [2.45, 2.75) is 45.1 Å². The van der Waals surface area contributed by atoms with Crippen LogP contribution in [0.4, 0.5) is 4.79 Å². The van der Waals surface area contributed by atoms with E-state index in [1.807, 2.05) is 84.9 Å². The molecule has 1 aliphatic rings. The second kappa shape index (κ2) is 15.6. The second-order valence-corrected chi connectivity index (χ2v) is 11.7. The third-order valence-electron chi connectivity index (χ3n) is 8.22. The van der Waals surface area contributed by atoms with Gasteiger partial charge in [0.2, 0.25) is 0 Å². The topological polar surface area (TPSA) is 83.1 Å². The van der Waals surface area contributed by atoms with Crippen LogP contribution in [-0.4, -0.2) is 42.3 Å². The van der Waals surface area contributed by atoms with Gasteiger partial charge in [0.15, 0.2) is 6.29 Å². The van der Waals surface area contributed by atoms with Gasteiger partial charge in [-0.05, 0) is 52.6 Å². The molecule has 1 fully saturated rings. The molecular weight excluding hydrogens is 562 g/mol. The number of carbonyl (C=O) groups excluding carboxylic acids is 1.